The van der Waals surface area contributed by atoms with Gasteiger partial charge in [-0.3, -0.25) is 4.90 Å². The third-order valence-corrected chi connectivity index (χ3v) is 5.48. The van der Waals surface area contributed by atoms with E-state index in [0.717, 1.165) is 65.2 Å². The molecule has 0 fully saturated rings. The van der Waals surface area contributed by atoms with Gasteiger partial charge >= 0.3 is 5.63 Å². The van der Waals surface area contributed by atoms with Crippen LogP contribution in [0.15, 0.2) is 51.7 Å². The smallest absolute Gasteiger partial charge is 0.336 e. The van der Waals surface area contributed by atoms with E-state index >= 15 is 0 Å². The zero-order valence-corrected chi connectivity index (χ0v) is 16.1. The highest BCUT2D eigenvalue weighted by molar-refractivity contribution is 6.31. The van der Waals surface area contributed by atoms with Gasteiger partial charge in [0.1, 0.15) is 18.8 Å². The monoisotopic (exact) mass is 384 g/mol. The van der Waals surface area contributed by atoms with E-state index in [1.807, 2.05) is 36.4 Å². The van der Waals surface area contributed by atoms with Crippen molar-refractivity contribution in [3.8, 4) is 5.75 Å². The van der Waals surface area contributed by atoms with Gasteiger partial charge in [-0.25, -0.2) is 4.79 Å². The number of ether oxygens (including phenoxy) is 1. The van der Waals surface area contributed by atoms with Crippen molar-refractivity contribution in [3.05, 3.63) is 74.6 Å². The molecular formula is C22H23ClNO3+. The number of fused-ring (bicyclic) bond motifs is 3. The quantitative estimate of drug-likeness (QED) is 0.682. The fraction of sp³-hybridized carbons (Fsp3) is 0.318. The molecule has 2 heterocycles. The Morgan fingerprint density at radius 2 is 2.00 bits per heavy atom. The number of benzene rings is 2. The van der Waals surface area contributed by atoms with Crippen molar-refractivity contribution < 1.29 is 14.1 Å². The molecule has 4 nitrogen and oxygen atoms in total. The molecule has 4 rings (SSSR count). The van der Waals surface area contributed by atoms with Gasteiger partial charge in [-0.05, 0) is 36.6 Å². The predicted molar refractivity (Wildman–Crippen MR) is 106 cm³/mol. The molecule has 1 aliphatic heterocycles. The molecule has 0 saturated carbocycles. The van der Waals surface area contributed by atoms with Crippen molar-refractivity contribution in [1.82, 2.24) is 0 Å². The largest absolute Gasteiger partial charge is 0.445 e. The normalized spacial score (nSPS) is 16.1. The van der Waals surface area contributed by atoms with E-state index in [0.29, 0.717) is 12.3 Å². The Kier molecular flexibility index (Phi) is 5.19. The minimum atomic E-state index is -0.291. The van der Waals surface area contributed by atoms with E-state index in [1.54, 1.807) is 6.07 Å². The average molecular weight is 385 g/mol. The summed E-state index contributed by atoms with van der Waals surface area (Å²) in [5, 5.41) is 1.78. The summed E-state index contributed by atoms with van der Waals surface area (Å²) in [7, 11) is 0. The highest BCUT2D eigenvalue weighted by Crippen LogP contribution is 2.30. The third-order valence-electron chi connectivity index (χ3n) is 5.11. The maximum Gasteiger partial charge on any atom is 0.336 e. The van der Waals surface area contributed by atoms with E-state index < -0.39 is 0 Å². The molecule has 0 saturated heterocycles. The van der Waals surface area contributed by atoms with E-state index in [9.17, 15) is 4.79 Å². The first kappa shape index (κ1) is 18.1. The average Bonchev–Trinajstić information content (AvgIpc) is 2.67. The Morgan fingerprint density at radius 3 is 2.81 bits per heavy atom. The Labute approximate surface area is 163 Å². The van der Waals surface area contributed by atoms with E-state index in [1.165, 1.54) is 4.90 Å². The highest BCUT2D eigenvalue weighted by Gasteiger charge is 2.25. The molecular weight excluding hydrogens is 362 g/mol. The van der Waals surface area contributed by atoms with Gasteiger partial charge < -0.3 is 9.15 Å². The molecule has 0 aliphatic carbocycles. The minimum Gasteiger partial charge on any atom is -0.445 e. The predicted octanol–water partition coefficient (Wildman–Crippen LogP) is 3.72. The maximum atomic E-state index is 12.1. The molecule has 5 heteroatoms. The Hall–Kier alpha value is -2.30. The van der Waals surface area contributed by atoms with Crippen LogP contribution in [0.25, 0.3) is 11.0 Å². The second kappa shape index (κ2) is 7.75. The van der Waals surface area contributed by atoms with Crippen LogP contribution in [-0.2, 0) is 19.5 Å². The number of quaternary nitrogens is 1. The lowest BCUT2D eigenvalue weighted by Crippen LogP contribution is -3.10. The van der Waals surface area contributed by atoms with Gasteiger partial charge in [0.2, 0.25) is 6.73 Å². The van der Waals surface area contributed by atoms with Gasteiger partial charge in [-0.15, -0.1) is 0 Å². The molecule has 3 aromatic rings. The fourth-order valence-corrected chi connectivity index (χ4v) is 3.91. The molecule has 0 bridgehead atoms. The molecule has 1 N–H and O–H groups in total. The van der Waals surface area contributed by atoms with Crippen molar-refractivity contribution >= 4 is 22.6 Å². The minimum absolute atomic E-state index is 0.291. The molecule has 1 aromatic heterocycles. The Balaban J connectivity index is 1.70. The number of rotatable bonds is 5. The number of nitrogens with one attached hydrogen (secondary N) is 1. The molecule has 0 amide bonds. The molecule has 2 aromatic carbocycles. The first-order valence-electron chi connectivity index (χ1n) is 9.44. The van der Waals surface area contributed by atoms with Gasteiger partial charge in [0.05, 0.1) is 5.56 Å². The van der Waals surface area contributed by atoms with Crippen molar-refractivity contribution in [2.75, 3.05) is 6.73 Å². The van der Waals surface area contributed by atoms with Crippen LogP contribution in [0, 0.1) is 0 Å². The highest BCUT2D eigenvalue weighted by atomic mass is 35.5. The lowest BCUT2D eigenvalue weighted by Gasteiger charge is -2.27. The van der Waals surface area contributed by atoms with Crippen molar-refractivity contribution in [1.29, 1.82) is 0 Å². The Bertz CT molecular complexity index is 1030. The van der Waals surface area contributed by atoms with Crippen LogP contribution in [0.2, 0.25) is 5.02 Å². The fourth-order valence-electron chi connectivity index (χ4n) is 3.71. The zero-order valence-electron chi connectivity index (χ0n) is 15.4. The Morgan fingerprint density at radius 1 is 1.15 bits per heavy atom. The van der Waals surface area contributed by atoms with E-state index in [4.69, 9.17) is 20.8 Å². The van der Waals surface area contributed by atoms with Crippen molar-refractivity contribution in [3.63, 3.8) is 0 Å². The summed E-state index contributed by atoms with van der Waals surface area (Å²) in [6.07, 6.45) is 3.02. The first-order chi connectivity index (χ1) is 13.2. The number of halogens is 1. The van der Waals surface area contributed by atoms with Crippen LogP contribution in [0.5, 0.6) is 5.75 Å². The van der Waals surface area contributed by atoms with E-state index in [-0.39, 0.29) is 5.63 Å². The summed E-state index contributed by atoms with van der Waals surface area (Å²) in [4.78, 5) is 13.4. The molecule has 0 radical (unpaired) electrons. The first-order valence-corrected chi connectivity index (χ1v) is 9.82. The van der Waals surface area contributed by atoms with Gasteiger partial charge in [0, 0.05) is 22.0 Å². The second-order valence-electron chi connectivity index (χ2n) is 7.10. The summed E-state index contributed by atoms with van der Waals surface area (Å²) in [6.45, 7) is 4.20. The summed E-state index contributed by atoms with van der Waals surface area (Å²) < 4.78 is 11.6. The van der Waals surface area contributed by atoms with Gasteiger partial charge in [-0.1, -0.05) is 43.1 Å². The summed E-state index contributed by atoms with van der Waals surface area (Å²) in [6, 6.07) is 13.5. The van der Waals surface area contributed by atoms with Gasteiger partial charge in [0.15, 0.2) is 5.58 Å². The van der Waals surface area contributed by atoms with E-state index in [2.05, 4.69) is 6.92 Å². The number of hydrogen-bond acceptors (Lipinski definition) is 3. The van der Waals surface area contributed by atoms with Crippen molar-refractivity contribution in [2.45, 2.75) is 39.3 Å². The standard InChI is InChI=1S/C22H22ClNO3/c1-2-3-6-15-11-21(25)27-22-17(15)9-10-20-18(22)13-24(14-26-20)12-16-7-4-5-8-19(16)23/h4-5,7-11H,2-3,6,12-14H2,1H3/p+1. The molecule has 1 atom stereocenters. The number of hydrogen-bond donors (Lipinski definition) is 1. The topological polar surface area (TPSA) is 43.9 Å². The van der Waals surface area contributed by atoms with Crippen LogP contribution < -0.4 is 15.3 Å². The van der Waals surface area contributed by atoms with Crippen LogP contribution in [-0.4, -0.2) is 6.73 Å². The summed E-state index contributed by atoms with van der Waals surface area (Å²) in [5.74, 6) is 0.807. The van der Waals surface area contributed by atoms with Gasteiger partial charge in [0.25, 0.3) is 0 Å². The lowest BCUT2D eigenvalue weighted by molar-refractivity contribution is -0.945. The van der Waals surface area contributed by atoms with Crippen LogP contribution >= 0.6 is 11.6 Å². The molecule has 0 spiro atoms. The molecule has 140 valence electrons. The summed E-state index contributed by atoms with van der Waals surface area (Å²) in [5.41, 5.74) is 3.50. The van der Waals surface area contributed by atoms with Gasteiger partial charge in [-0.2, -0.15) is 0 Å². The zero-order chi connectivity index (χ0) is 18.8. The lowest BCUT2D eigenvalue weighted by atomic mass is 10.0. The molecule has 1 aliphatic rings. The van der Waals surface area contributed by atoms with Crippen molar-refractivity contribution in [2.24, 2.45) is 0 Å². The van der Waals surface area contributed by atoms with Crippen LogP contribution in [0.4, 0.5) is 0 Å². The third kappa shape index (κ3) is 3.73. The molecule has 27 heavy (non-hydrogen) atoms. The number of aryl methyl sites for hydroxylation is 1. The summed E-state index contributed by atoms with van der Waals surface area (Å²) >= 11 is 6.31. The molecule has 1 unspecified atom stereocenters. The SMILES string of the molecule is CCCCc1cc(=O)oc2c3c(ccc12)OC[NH+](Cc1ccccc1Cl)C3. The van der Waals surface area contributed by atoms with Crippen LogP contribution in [0.3, 0.4) is 0 Å². The second-order valence-corrected chi connectivity index (χ2v) is 7.50. The maximum absolute atomic E-state index is 12.1. The van der Waals surface area contributed by atoms with Crippen LogP contribution in [0.1, 0.15) is 36.5 Å². The number of unbranched alkanes of at least 4 members (excludes halogenated alkanes) is 1.